The SMILES string of the molecule is CC(NC(=O)c1cc2c(s1)CCCCCC2)c1ccc(S(C)(=O)=O)cc1. The zero-order valence-corrected chi connectivity index (χ0v) is 16.9. The number of sulfone groups is 1. The number of hydrogen-bond donors (Lipinski definition) is 1. The highest BCUT2D eigenvalue weighted by atomic mass is 32.2. The number of carbonyl (C=O) groups excluding carboxylic acids is 1. The Morgan fingerprint density at radius 1 is 1.08 bits per heavy atom. The molecule has 1 amide bonds. The van der Waals surface area contributed by atoms with Crippen molar-refractivity contribution in [1.82, 2.24) is 5.32 Å². The number of carbonyl (C=O) groups is 1. The van der Waals surface area contributed by atoms with Gasteiger partial charge in [0.05, 0.1) is 15.8 Å². The van der Waals surface area contributed by atoms with Crippen molar-refractivity contribution in [3.05, 3.63) is 51.2 Å². The van der Waals surface area contributed by atoms with Gasteiger partial charge in [0.1, 0.15) is 0 Å². The van der Waals surface area contributed by atoms with Crippen LogP contribution in [0.15, 0.2) is 35.2 Å². The normalized spacial score (nSPS) is 16.2. The van der Waals surface area contributed by atoms with Gasteiger partial charge in [-0.15, -0.1) is 11.3 Å². The highest BCUT2D eigenvalue weighted by Gasteiger charge is 2.18. The molecule has 2 aromatic rings. The number of amides is 1. The van der Waals surface area contributed by atoms with E-state index in [4.69, 9.17) is 0 Å². The molecule has 26 heavy (non-hydrogen) atoms. The van der Waals surface area contributed by atoms with Crippen LogP contribution in [0.5, 0.6) is 0 Å². The largest absolute Gasteiger partial charge is 0.345 e. The quantitative estimate of drug-likeness (QED) is 0.845. The van der Waals surface area contributed by atoms with E-state index in [-0.39, 0.29) is 16.8 Å². The first kappa shape index (κ1) is 19.1. The molecule has 1 aromatic carbocycles. The molecule has 1 atom stereocenters. The predicted octanol–water partition coefficient (Wildman–Crippen LogP) is 4.30. The first-order valence-electron chi connectivity index (χ1n) is 9.07. The van der Waals surface area contributed by atoms with E-state index < -0.39 is 9.84 Å². The fourth-order valence-corrected chi connectivity index (χ4v) is 5.10. The fraction of sp³-hybridized carbons (Fsp3) is 0.450. The summed E-state index contributed by atoms with van der Waals surface area (Å²) in [4.78, 5) is 15.1. The molecule has 0 saturated heterocycles. The second-order valence-electron chi connectivity index (χ2n) is 7.01. The molecule has 1 unspecified atom stereocenters. The molecule has 1 aliphatic rings. The van der Waals surface area contributed by atoms with E-state index in [1.807, 2.05) is 6.92 Å². The number of rotatable bonds is 4. The van der Waals surface area contributed by atoms with Crippen LogP contribution in [0, 0.1) is 0 Å². The second kappa shape index (κ2) is 7.92. The lowest BCUT2D eigenvalue weighted by molar-refractivity contribution is 0.0944. The molecule has 3 rings (SSSR count). The van der Waals surface area contributed by atoms with Gasteiger partial charge < -0.3 is 5.32 Å². The third-order valence-corrected chi connectivity index (χ3v) is 7.24. The monoisotopic (exact) mass is 391 g/mol. The maximum atomic E-state index is 12.6. The van der Waals surface area contributed by atoms with Crippen LogP contribution >= 0.6 is 11.3 Å². The Morgan fingerprint density at radius 2 is 1.73 bits per heavy atom. The van der Waals surface area contributed by atoms with Crippen LogP contribution in [0.3, 0.4) is 0 Å². The maximum Gasteiger partial charge on any atom is 0.261 e. The minimum Gasteiger partial charge on any atom is -0.345 e. The van der Waals surface area contributed by atoms with Gasteiger partial charge in [0.15, 0.2) is 9.84 Å². The Kier molecular flexibility index (Phi) is 5.82. The molecule has 0 saturated carbocycles. The van der Waals surface area contributed by atoms with Gasteiger partial charge in [0, 0.05) is 11.1 Å². The first-order chi connectivity index (χ1) is 12.3. The average molecular weight is 392 g/mol. The molecule has 140 valence electrons. The summed E-state index contributed by atoms with van der Waals surface area (Å²) in [5, 5.41) is 3.03. The number of hydrogen-bond acceptors (Lipinski definition) is 4. The molecular weight excluding hydrogens is 366 g/mol. The van der Waals surface area contributed by atoms with Gasteiger partial charge in [0.2, 0.25) is 0 Å². The predicted molar refractivity (Wildman–Crippen MR) is 106 cm³/mol. The lowest BCUT2D eigenvalue weighted by Crippen LogP contribution is -2.25. The summed E-state index contributed by atoms with van der Waals surface area (Å²) in [7, 11) is -3.20. The van der Waals surface area contributed by atoms with Crippen molar-refractivity contribution in [2.45, 2.75) is 56.4 Å². The molecule has 0 spiro atoms. The lowest BCUT2D eigenvalue weighted by atomic mass is 10.00. The van der Waals surface area contributed by atoms with E-state index in [1.54, 1.807) is 35.6 Å². The number of aryl methyl sites for hydroxylation is 2. The molecule has 0 aliphatic heterocycles. The Labute approximate surface area is 159 Å². The third kappa shape index (κ3) is 4.54. The van der Waals surface area contributed by atoms with Crippen LogP contribution in [0.4, 0.5) is 0 Å². The summed E-state index contributed by atoms with van der Waals surface area (Å²) in [6.45, 7) is 1.91. The van der Waals surface area contributed by atoms with E-state index in [2.05, 4.69) is 11.4 Å². The van der Waals surface area contributed by atoms with Gasteiger partial charge >= 0.3 is 0 Å². The summed E-state index contributed by atoms with van der Waals surface area (Å²) in [6.07, 6.45) is 8.30. The van der Waals surface area contributed by atoms with Crippen LogP contribution in [0.25, 0.3) is 0 Å². The topological polar surface area (TPSA) is 63.2 Å². The van der Waals surface area contributed by atoms with E-state index >= 15 is 0 Å². The molecule has 0 bridgehead atoms. The number of fused-ring (bicyclic) bond motifs is 1. The average Bonchev–Trinajstić information content (AvgIpc) is 2.96. The van der Waals surface area contributed by atoms with Crippen molar-refractivity contribution in [3.63, 3.8) is 0 Å². The molecule has 6 heteroatoms. The maximum absolute atomic E-state index is 12.6. The minimum absolute atomic E-state index is 0.0542. The van der Waals surface area contributed by atoms with E-state index in [0.717, 1.165) is 23.3 Å². The van der Waals surface area contributed by atoms with Gasteiger partial charge in [-0.2, -0.15) is 0 Å². The van der Waals surface area contributed by atoms with Gasteiger partial charge in [-0.1, -0.05) is 25.0 Å². The lowest BCUT2D eigenvalue weighted by Gasteiger charge is -2.14. The molecule has 1 N–H and O–H groups in total. The molecule has 1 aromatic heterocycles. The van der Waals surface area contributed by atoms with Crippen LogP contribution in [0.1, 0.15) is 64.3 Å². The van der Waals surface area contributed by atoms with E-state index in [9.17, 15) is 13.2 Å². The van der Waals surface area contributed by atoms with Gasteiger partial charge in [0.25, 0.3) is 5.91 Å². The molecule has 4 nitrogen and oxygen atoms in total. The highest BCUT2D eigenvalue weighted by molar-refractivity contribution is 7.90. The van der Waals surface area contributed by atoms with Crippen molar-refractivity contribution in [2.75, 3.05) is 6.26 Å². The van der Waals surface area contributed by atoms with Crippen LogP contribution < -0.4 is 5.32 Å². The highest BCUT2D eigenvalue weighted by Crippen LogP contribution is 2.29. The van der Waals surface area contributed by atoms with Crippen LogP contribution in [0.2, 0.25) is 0 Å². The van der Waals surface area contributed by atoms with Crippen molar-refractivity contribution < 1.29 is 13.2 Å². The Morgan fingerprint density at radius 3 is 2.38 bits per heavy atom. The Hall–Kier alpha value is -1.66. The second-order valence-corrected chi connectivity index (χ2v) is 10.2. The van der Waals surface area contributed by atoms with E-state index in [0.29, 0.717) is 0 Å². The molecule has 0 radical (unpaired) electrons. The molecule has 1 aliphatic carbocycles. The standard InChI is InChI=1S/C20H25NO3S2/c1-14(15-9-11-17(12-10-15)26(2,23)24)21-20(22)19-13-16-7-5-3-4-6-8-18(16)25-19/h9-14H,3-8H2,1-2H3,(H,21,22). The van der Waals surface area contributed by atoms with Crippen molar-refractivity contribution in [3.8, 4) is 0 Å². The molecule has 0 fully saturated rings. The number of benzene rings is 1. The molecular formula is C20H25NO3S2. The van der Waals surface area contributed by atoms with Gasteiger partial charge in [-0.05, 0) is 61.9 Å². The van der Waals surface area contributed by atoms with Crippen molar-refractivity contribution in [2.24, 2.45) is 0 Å². The van der Waals surface area contributed by atoms with E-state index in [1.165, 1.54) is 42.4 Å². The Balaban J connectivity index is 1.70. The summed E-state index contributed by atoms with van der Waals surface area (Å²) < 4.78 is 23.1. The van der Waals surface area contributed by atoms with Gasteiger partial charge in [-0.25, -0.2) is 8.42 Å². The van der Waals surface area contributed by atoms with Crippen LogP contribution in [-0.2, 0) is 22.7 Å². The van der Waals surface area contributed by atoms with Crippen molar-refractivity contribution in [1.29, 1.82) is 0 Å². The third-order valence-electron chi connectivity index (χ3n) is 4.88. The zero-order chi connectivity index (χ0) is 18.7. The zero-order valence-electron chi connectivity index (χ0n) is 15.2. The molecule has 1 heterocycles. The summed E-state index contributed by atoms with van der Waals surface area (Å²) in [5.41, 5.74) is 2.23. The van der Waals surface area contributed by atoms with Crippen molar-refractivity contribution >= 4 is 27.1 Å². The van der Waals surface area contributed by atoms with Gasteiger partial charge in [-0.3, -0.25) is 4.79 Å². The first-order valence-corrected chi connectivity index (χ1v) is 11.8. The number of thiophene rings is 1. The minimum atomic E-state index is -3.20. The fourth-order valence-electron chi connectivity index (χ4n) is 3.31. The summed E-state index contributed by atoms with van der Waals surface area (Å²) >= 11 is 1.62. The van der Waals surface area contributed by atoms with Crippen LogP contribution in [-0.4, -0.2) is 20.6 Å². The summed E-state index contributed by atoms with van der Waals surface area (Å²) in [5.74, 6) is -0.0542. The number of nitrogens with one attached hydrogen (secondary N) is 1. The Bertz CT molecular complexity index is 857. The summed E-state index contributed by atoms with van der Waals surface area (Å²) in [6, 6.07) is 8.57. The smallest absolute Gasteiger partial charge is 0.261 e.